The fourth-order valence-corrected chi connectivity index (χ4v) is 2.66. The van der Waals surface area contributed by atoms with E-state index in [1.807, 2.05) is 62.9 Å². The normalized spacial score (nSPS) is 13.7. The molecular formula is C23H37NO6. The quantitative estimate of drug-likeness (QED) is 0.488. The molecule has 0 fully saturated rings. The van der Waals surface area contributed by atoms with Gasteiger partial charge in [-0.2, -0.15) is 0 Å². The van der Waals surface area contributed by atoms with Gasteiger partial charge in [0.25, 0.3) is 0 Å². The molecule has 0 radical (unpaired) electrons. The van der Waals surface area contributed by atoms with Crippen LogP contribution in [0.1, 0.15) is 53.0 Å². The number of aliphatic hydroxyl groups is 1. The van der Waals surface area contributed by atoms with E-state index in [9.17, 15) is 14.7 Å². The van der Waals surface area contributed by atoms with Crippen LogP contribution in [0.15, 0.2) is 30.3 Å². The summed E-state index contributed by atoms with van der Waals surface area (Å²) in [6.07, 6.45) is 0.690. The van der Waals surface area contributed by atoms with Crippen molar-refractivity contribution in [3.8, 4) is 0 Å². The SMILES string of the molecule is CCC(C)(OCc1ccccc1)C(=O)OCCN(CCO)CCC(=O)OC(C)(C)C. The Bertz CT molecular complexity index is 643. The Hall–Kier alpha value is -1.96. The molecule has 0 spiro atoms. The summed E-state index contributed by atoms with van der Waals surface area (Å²) in [6, 6.07) is 9.66. The Morgan fingerprint density at radius 2 is 1.70 bits per heavy atom. The predicted octanol–water partition coefficient (Wildman–Crippen LogP) is 2.94. The van der Waals surface area contributed by atoms with Crippen molar-refractivity contribution in [3.63, 3.8) is 0 Å². The first-order valence-electron chi connectivity index (χ1n) is 10.5. The molecule has 1 rings (SSSR count). The number of hydrogen-bond acceptors (Lipinski definition) is 7. The minimum Gasteiger partial charge on any atom is -0.462 e. The molecule has 1 atom stereocenters. The first-order chi connectivity index (χ1) is 14.1. The monoisotopic (exact) mass is 423 g/mol. The third-order valence-electron chi connectivity index (χ3n) is 4.62. The molecule has 0 heterocycles. The Kier molecular flexibility index (Phi) is 11.0. The highest BCUT2D eigenvalue weighted by Gasteiger charge is 2.34. The van der Waals surface area contributed by atoms with E-state index in [1.165, 1.54) is 0 Å². The minimum atomic E-state index is -1.03. The number of benzene rings is 1. The molecule has 0 aliphatic carbocycles. The summed E-state index contributed by atoms with van der Waals surface area (Å²) < 4.78 is 16.6. The van der Waals surface area contributed by atoms with Gasteiger partial charge in [0.15, 0.2) is 5.60 Å². The first-order valence-corrected chi connectivity index (χ1v) is 10.5. The zero-order valence-electron chi connectivity index (χ0n) is 19.0. The zero-order valence-corrected chi connectivity index (χ0v) is 19.0. The molecule has 0 amide bonds. The Balaban J connectivity index is 2.47. The molecule has 1 aromatic rings. The van der Waals surface area contributed by atoms with Crippen LogP contribution in [0, 0.1) is 0 Å². The van der Waals surface area contributed by atoms with Gasteiger partial charge in [-0.1, -0.05) is 37.3 Å². The number of carbonyl (C=O) groups excluding carboxylic acids is 2. The van der Waals surface area contributed by atoms with Crippen molar-refractivity contribution >= 4 is 11.9 Å². The molecule has 7 heteroatoms. The molecule has 0 aliphatic rings. The van der Waals surface area contributed by atoms with Crippen LogP contribution in [0.25, 0.3) is 0 Å². The molecule has 30 heavy (non-hydrogen) atoms. The van der Waals surface area contributed by atoms with Crippen molar-refractivity contribution in [2.24, 2.45) is 0 Å². The maximum absolute atomic E-state index is 12.6. The van der Waals surface area contributed by atoms with Crippen LogP contribution >= 0.6 is 0 Å². The van der Waals surface area contributed by atoms with Gasteiger partial charge in [-0.25, -0.2) is 4.79 Å². The van der Waals surface area contributed by atoms with Crippen LogP contribution < -0.4 is 0 Å². The van der Waals surface area contributed by atoms with Crippen LogP contribution in [0.3, 0.4) is 0 Å². The van der Waals surface area contributed by atoms with E-state index in [2.05, 4.69) is 0 Å². The van der Waals surface area contributed by atoms with Gasteiger partial charge in [-0.05, 0) is 39.7 Å². The Morgan fingerprint density at radius 3 is 2.27 bits per heavy atom. The van der Waals surface area contributed by atoms with Gasteiger partial charge in [-0.15, -0.1) is 0 Å². The lowest BCUT2D eigenvalue weighted by Crippen LogP contribution is -2.41. The molecule has 7 nitrogen and oxygen atoms in total. The highest BCUT2D eigenvalue weighted by atomic mass is 16.6. The van der Waals surface area contributed by atoms with Gasteiger partial charge >= 0.3 is 11.9 Å². The maximum atomic E-state index is 12.6. The number of carbonyl (C=O) groups is 2. The molecule has 170 valence electrons. The fraction of sp³-hybridized carbons (Fsp3) is 0.652. The number of esters is 2. The summed E-state index contributed by atoms with van der Waals surface area (Å²) in [7, 11) is 0. The number of rotatable bonds is 13. The topological polar surface area (TPSA) is 85.3 Å². The molecular weight excluding hydrogens is 386 g/mol. The number of aliphatic hydroxyl groups excluding tert-OH is 1. The standard InChI is InChI=1S/C23H37NO6/c1-6-23(5,29-18-19-10-8-7-9-11-19)21(27)28-17-15-24(14-16-25)13-12-20(26)30-22(2,3)4/h7-11,25H,6,12-18H2,1-5H3. The maximum Gasteiger partial charge on any atom is 0.338 e. The zero-order chi connectivity index (χ0) is 22.6. The van der Waals surface area contributed by atoms with Crippen molar-refractivity contribution < 1.29 is 28.9 Å². The number of nitrogens with zero attached hydrogens (tertiary/aromatic N) is 1. The predicted molar refractivity (Wildman–Crippen MR) is 115 cm³/mol. The van der Waals surface area contributed by atoms with Gasteiger partial charge in [0, 0.05) is 19.6 Å². The molecule has 0 aliphatic heterocycles. The van der Waals surface area contributed by atoms with E-state index in [4.69, 9.17) is 14.2 Å². The molecule has 1 N–H and O–H groups in total. The molecule has 1 unspecified atom stereocenters. The van der Waals surface area contributed by atoms with Crippen LogP contribution in [-0.4, -0.2) is 66.0 Å². The highest BCUT2D eigenvalue weighted by molar-refractivity contribution is 5.79. The summed E-state index contributed by atoms with van der Waals surface area (Å²) in [5.74, 6) is -0.715. The van der Waals surface area contributed by atoms with Gasteiger partial charge in [0.05, 0.1) is 19.6 Å². The number of ether oxygens (including phenoxy) is 3. The van der Waals surface area contributed by atoms with Crippen molar-refractivity contribution in [1.29, 1.82) is 0 Å². The van der Waals surface area contributed by atoms with Crippen molar-refractivity contribution in [1.82, 2.24) is 4.90 Å². The third kappa shape index (κ3) is 10.2. The van der Waals surface area contributed by atoms with Crippen molar-refractivity contribution in [2.45, 2.75) is 65.3 Å². The van der Waals surface area contributed by atoms with Gasteiger partial charge in [-0.3, -0.25) is 9.69 Å². The van der Waals surface area contributed by atoms with E-state index >= 15 is 0 Å². The van der Waals surface area contributed by atoms with Gasteiger partial charge in [0.1, 0.15) is 12.2 Å². The average molecular weight is 424 g/mol. The van der Waals surface area contributed by atoms with Crippen LogP contribution in [0.2, 0.25) is 0 Å². The lowest BCUT2D eigenvalue weighted by Gasteiger charge is -2.27. The van der Waals surface area contributed by atoms with Gasteiger partial charge < -0.3 is 19.3 Å². The van der Waals surface area contributed by atoms with E-state index < -0.39 is 17.2 Å². The van der Waals surface area contributed by atoms with E-state index in [1.54, 1.807) is 6.92 Å². The van der Waals surface area contributed by atoms with Gasteiger partial charge in [0.2, 0.25) is 0 Å². The van der Waals surface area contributed by atoms with E-state index in [-0.39, 0.29) is 25.6 Å². The van der Waals surface area contributed by atoms with Crippen molar-refractivity contribution in [3.05, 3.63) is 35.9 Å². The molecule has 0 bridgehead atoms. The summed E-state index contributed by atoms with van der Waals surface area (Å²) in [5.41, 5.74) is -0.575. The Morgan fingerprint density at radius 1 is 1.03 bits per heavy atom. The molecule has 0 saturated carbocycles. The fourth-order valence-electron chi connectivity index (χ4n) is 2.66. The van der Waals surface area contributed by atoms with E-state index in [0.717, 1.165) is 5.56 Å². The van der Waals surface area contributed by atoms with Crippen LogP contribution in [0.5, 0.6) is 0 Å². The Labute approximate surface area is 180 Å². The highest BCUT2D eigenvalue weighted by Crippen LogP contribution is 2.20. The minimum absolute atomic E-state index is 0.0465. The molecule has 0 saturated heterocycles. The number of hydrogen-bond donors (Lipinski definition) is 1. The van der Waals surface area contributed by atoms with Crippen LogP contribution in [-0.2, 0) is 30.4 Å². The van der Waals surface area contributed by atoms with E-state index in [0.29, 0.717) is 32.7 Å². The smallest absolute Gasteiger partial charge is 0.338 e. The van der Waals surface area contributed by atoms with Crippen LogP contribution in [0.4, 0.5) is 0 Å². The summed E-state index contributed by atoms with van der Waals surface area (Å²) in [6.45, 7) is 10.7. The lowest BCUT2D eigenvalue weighted by atomic mass is 10.0. The molecule has 0 aromatic heterocycles. The largest absolute Gasteiger partial charge is 0.462 e. The third-order valence-corrected chi connectivity index (χ3v) is 4.62. The second-order valence-corrected chi connectivity index (χ2v) is 8.40. The summed E-state index contributed by atoms with van der Waals surface area (Å²) >= 11 is 0. The summed E-state index contributed by atoms with van der Waals surface area (Å²) in [4.78, 5) is 26.4. The molecule has 1 aromatic carbocycles. The summed E-state index contributed by atoms with van der Waals surface area (Å²) in [5, 5.41) is 9.26. The van der Waals surface area contributed by atoms with Crippen molar-refractivity contribution in [2.75, 3.05) is 32.8 Å². The first kappa shape index (κ1) is 26.1. The average Bonchev–Trinajstić information content (AvgIpc) is 2.69. The second-order valence-electron chi connectivity index (χ2n) is 8.40. The second kappa shape index (κ2) is 12.7. The lowest BCUT2D eigenvalue weighted by molar-refractivity contribution is -0.173.